The van der Waals surface area contributed by atoms with E-state index < -0.39 is 44.7 Å². The Hall–Kier alpha value is -1.29. The van der Waals surface area contributed by atoms with Gasteiger partial charge in [0.15, 0.2) is 6.23 Å². The lowest BCUT2D eigenvalue weighted by Crippen LogP contribution is -2.34. The molecule has 0 spiro atoms. The Labute approximate surface area is 112 Å². The summed E-state index contributed by atoms with van der Waals surface area (Å²) >= 11 is 0. The molecule has 2 saturated heterocycles. The molecule has 3 rings (SSSR count). The molecule has 1 aromatic heterocycles. The number of nitrogen functional groups attached to an aromatic ring is 1. The predicted octanol–water partition coefficient (Wildman–Crippen LogP) is -1.40. The lowest BCUT2D eigenvalue weighted by molar-refractivity contribution is -0.0624. The fourth-order valence-electron chi connectivity index (χ4n) is 2.27. The van der Waals surface area contributed by atoms with Gasteiger partial charge in [-0.1, -0.05) is 0 Å². The van der Waals surface area contributed by atoms with Crippen molar-refractivity contribution in [3.8, 4) is 0 Å². The van der Waals surface area contributed by atoms with Gasteiger partial charge in [-0.25, -0.2) is 9.36 Å². The van der Waals surface area contributed by atoms with E-state index in [1.807, 2.05) is 0 Å². The molecule has 0 aromatic carbocycles. The number of phosphoric ester groups is 1. The SMILES string of the molecule is Nc1ccn([C@@H]2O[C@@H](CO)[C@H]3OP(=O)(O)O[C@@H]32)c(=O)n1. The van der Waals surface area contributed by atoms with E-state index in [0.717, 1.165) is 4.57 Å². The Bertz CT molecular complexity index is 634. The Morgan fingerprint density at radius 2 is 2.15 bits per heavy atom. The van der Waals surface area contributed by atoms with Crippen molar-refractivity contribution in [3.05, 3.63) is 22.7 Å². The van der Waals surface area contributed by atoms with Crippen molar-refractivity contribution in [1.29, 1.82) is 0 Å². The first-order valence-electron chi connectivity index (χ1n) is 5.72. The number of ether oxygens (including phenoxy) is 1. The minimum absolute atomic E-state index is 0.0379. The maximum absolute atomic E-state index is 11.8. The van der Waals surface area contributed by atoms with Crippen LogP contribution in [0.4, 0.5) is 5.82 Å². The molecule has 20 heavy (non-hydrogen) atoms. The van der Waals surface area contributed by atoms with Gasteiger partial charge in [-0.15, -0.1) is 0 Å². The zero-order valence-electron chi connectivity index (χ0n) is 10.0. The first-order valence-corrected chi connectivity index (χ1v) is 7.21. The van der Waals surface area contributed by atoms with E-state index in [-0.39, 0.29) is 5.82 Å². The third kappa shape index (κ3) is 2.16. The number of hydrogen-bond donors (Lipinski definition) is 3. The first-order chi connectivity index (χ1) is 9.41. The van der Waals surface area contributed by atoms with E-state index in [0.29, 0.717) is 0 Å². The highest BCUT2D eigenvalue weighted by Crippen LogP contribution is 2.58. The first kappa shape index (κ1) is 13.7. The van der Waals surface area contributed by atoms with Crippen molar-refractivity contribution in [2.45, 2.75) is 24.5 Å². The van der Waals surface area contributed by atoms with Crippen molar-refractivity contribution in [1.82, 2.24) is 9.55 Å². The third-order valence-corrected chi connectivity index (χ3v) is 4.12. The van der Waals surface area contributed by atoms with Crippen molar-refractivity contribution in [3.63, 3.8) is 0 Å². The highest BCUT2D eigenvalue weighted by molar-refractivity contribution is 7.47. The van der Waals surface area contributed by atoms with Crippen LogP contribution in [0.25, 0.3) is 0 Å². The van der Waals surface area contributed by atoms with E-state index in [2.05, 4.69) is 4.98 Å². The average Bonchev–Trinajstić information content (AvgIpc) is 2.83. The zero-order valence-corrected chi connectivity index (χ0v) is 10.9. The highest BCUT2D eigenvalue weighted by atomic mass is 31.2. The van der Waals surface area contributed by atoms with Crippen LogP contribution in [-0.2, 0) is 18.3 Å². The van der Waals surface area contributed by atoms with Crippen LogP contribution >= 0.6 is 7.82 Å². The van der Waals surface area contributed by atoms with E-state index in [4.69, 9.17) is 19.5 Å². The Morgan fingerprint density at radius 1 is 1.45 bits per heavy atom. The van der Waals surface area contributed by atoms with Crippen molar-refractivity contribution in [2.24, 2.45) is 0 Å². The van der Waals surface area contributed by atoms with Crippen LogP contribution in [-0.4, -0.2) is 44.5 Å². The molecule has 110 valence electrons. The molecule has 11 heteroatoms. The molecule has 1 aromatic rings. The van der Waals surface area contributed by atoms with E-state index >= 15 is 0 Å². The third-order valence-electron chi connectivity index (χ3n) is 3.10. The molecule has 0 radical (unpaired) electrons. The van der Waals surface area contributed by atoms with Gasteiger partial charge in [0.2, 0.25) is 0 Å². The number of aromatic nitrogens is 2. The molecule has 1 unspecified atom stereocenters. The molecule has 4 N–H and O–H groups in total. The second kappa shape index (κ2) is 4.62. The molecular formula is C9H12N3O7P. The summed E-state index contributed by atoms with van der Waals surface area (Å²) in [5, 5.41) is 9.21. The smallest absolute Gasteiger partial charge is 0.394 e. The molecule has 2 aliphatic heterocycles. The monoisotopic (exact) mass is 305 g/mol. The Morgan fingerprint density at radius 3 is 2.80 bits per heavy atom. The summed E-state index contributed by atoms with van der Waals surface area (Å²) in [6, 6.07) is 1.38. The molecule has 10 nitrogen and oxygen atoms in total. The molecule has 0 bridgehead atoms. The van der Waals surface area contributed by atoms with Gasteiger partial charge in [-0.3, -0.25) is 13.6 Å². The maximum atomic E-state index is 11.8. The topological polar surface area (TPSA) is 146 Å². The lowest BCUT2D eigenvalue weighted by Gasteiger charge is -2.18. The van der Waals surface area contributed by atoms with Gasteiger partial charge in [0.05, 0.1) is 6.61 Å². The van der Waals surface area contributed by atoms with Crippen LogP contribution in [0, 0.1) is 0 Å². The largest absolute Gasteiger partial charge is 0.473 e. The van der Waals surface area contributed by atoms with Crippen LogP contribution in [0.2, 0.25) is 0 Å². The van der Waals surface area contributed by atoms with Crippen molar-refractivity contribution in [2.75, 3.05) is 12.3 Å². The second-order valence-corrected chi connectivity index (χ2v) is 5.76. The Kier molecular flexibility index (Phi) is 3.16. The van der Waals surface area contributed by atoms with Crippen LogP contribution in [0.15, 0.2) is 17.1 Å². The van der Waals surface area contributed by atoms with Crippen molar-refractivity contribution < 1.29 is 28.3 Å². The molecule has 0 saturated carbocycles. The summed E-state index contributed by atoms with van der Waals surface area (Å²) in [7, 11) is -4.21. The summed E-state index contributed by atoms with van der Waals surface area (Å²) in [6.45, 7) is -0.446. The summed E-state index contributed by atoms with van der Waals surface area (Å²) in [5.41, 5.74) is 4.69. The molecule has 2 aliphatic rings. The molecule has 0 aliphatic carbocycles. The molecule has 3 heterocycles. The summed E-state index contributed by atoms with van der Waals surface area (Å²) < 4.78 is 27.7. The number of nitrogens with zero attached hydrogens (tertiary/aromatic N) is 2. The van der Waals surface area contributed by atoms with Gasteiger partial charge in [0, 0.05) is 6.20 Å². The summed E-state index contributed by atoms with van der Waals surface area (Å²) in [4.78, 5) is 24.7. The van der Waals surface area contributed by atoms with E-state index in [1.54, 1.807) is 0 Å². The van der Waals surface area contributed by atoms with Gasteiger partial charge in [-0.2, -0.15) is 4.98 Å². The number of aliphatic hydroxyl groups excluding tert-OH is 1. The number of hydrogen-bond acceptors (Lipinski definition) is 8. The van der Waals surface area contributed by atoms with Gasteiger partial charge in [0.25, 0.3) is 0 Å². The standard InChI is InChI=1S/C9H12N3O7P/c10-5-1-2-12(9(14)11-5)8-7-6(4(3-13)17-8)18-20(15,16)19-7/h1-2,4,6-8,13H,3H2,(H,15,16)(H2,10,11,14)/t4-,6+,7-,8+/m0/s1. The number of phosphoric acid groups is 1. The zero-order chi connectivity index (χ0) is 14.5. The quantitative estimate of drug-likeness (QED) is 0.561. The molecular weight excluding hydrogens is 293 g/mol. The molecule has 5 atom stereocenters. The molecule has 0 amide bonds. The van der Waals surface area contributed by atoms with E-state index in [1.165, 1.54) is 12.3 Å². The number of fused-ring (bicyclic) bond motifs is 1. The maximum Gasteiger partial charge on any atom is 0.473 e. The fourth-order valence-corrected chi connectivity index (χ4v) is 3.42. The predicted molar refractivity (Wildman–Crippen MR) is 63.5 cm³/mol. The number of rotatable bonds is 2. The Balaban J connectivity index is 1.98. The van der Waals surface area contributed by atoms with Gasteiger partial charge >= 0.3 is 13.5 Å². The van der Waals surface area contributed by atoms with E-state index in [9.17, 15) is 19.4 Å². The lowest BCUT2D eigenvalue weighted by atomic mass is 10.1. The number of nitrogens with two attached hydrogens (primary N) is 1. The minimum Gasteiger partial charge on any atom is -0.394 e. The fraction of sp³-hybridized carbons (Fsp3) is 0.556. The number of aliphatic hydroxyl groups is 1. The van der Waals surface area contributed by atoms with Crippen LogP contribution in [0.3, 0.4) is 0 Å². The highest BCUT2D eigenvalue weighted by Gasteiger charge is 2.57. The average molecular weight is 305 g/mol. The van der Waals surface area contributed by atoms with Crippen LogP contribution < -0.4 is 11.4 Å². The summed E-state index contributed by atoms with van der Waals surface area (Å²) in [5.74, 6) is 0.0379. The number of anilines is 1. The second-order valence-electron chi connectivity index (χ2n) is 4.40. The van der Waals surface area contributed by atoms with Gasteiger partial charge in [0.1, 0.15) is 24.1 Å². The molecule has 2 fully saturated rings. The van der Waals surface area contributed by atoms with Crippen molar-refractivity contribution >= 4 is 13.6 Å². The van der Waals surface area contributed by atoms with Crippen LogP contribution in [0.5, 0.6) is 0 Å². The van der Waals surface area contributed by atoms with Crippen LogP contribution in [0.1, 0.15) is 6.23 Å². The minimum atomic E-state index is -4.21. The summed E-state index contributed by atoms with van der Waals surface area (Å²) in [6.07, 6.45) is -2.51. The van der Waals surface area contributed by atoms with Gasteiger partial charge < -0.3 is 20.5 Å². The van der Waals surface area contributed by atoms with Gasteiger partial charge in [-0.05, 0) is 6.07 Å². The normalized spacial score (nSPS) is 39.9.